The largest absolute Gasteiger partial charge is 0.349 e. The molecule has 4 heterocycles. The van der Waals surface area contributed by atoms with E-state index in [0.29, 0.717) is 43.9 Å². The second kappa shape index (κ2) is 11.6. The Bertz CT molecular complexity index is 1700. The molecule has 4 aromatic rings. The molecule has 0 spiro atoms. The van der Waals surface area contributed by atoms with E-state index in [-0.39, 0.29) is 34.1 Å². The number of benzene rings is 1. The number of hydrogen-bond acceptors (Lipinski definition) is 5. The summed E-state index contributed by atoms with van der Waals surface area (Å²) in [6, 6.07) is 12.2. The number of rotatable bonds is 7. The van der Waals surface area contributed by atoms with Gasteiger partial charge in [-0.25, -0.2) is 18.6 Å². The summed E-state index contributed by atoms with van der Waals surface area (Å²) >= 11 is 5.90. The van der Waals surface area contributed by atoms with Gasteiger partial charge in [0.15, 0.2) is 0 Å². The maximum absolute atomic E-state index is 13.7. The van der Waals surface area contributed by atoms with E-state index >= 15 is 0 Å². The van der Waals surface area contributed by atoms with Gasteiger partial charge in [0.1, 0.15) is 11.5 Å². The molecule has 1 aliphatic heterocycles. The molecular weight excluding hydrogens is 566 g/mol. The highest BCUT2D eigenvalue weighted by Gasteiger charge is 2.28. The van der Waals surface area contributed by atoms with Crippen molar-refractivity contribution in [2.75, 3.05) is 11.4 Å². The van der Waals surface area contributed by atoms with Crippen molar-refractivity contribution in [2.45, 2.75) is 57.5 Å². The average Bonchev–Trinajstić information content (AvgIpc) is 3.54. The number of halogens is 3. The Morgan fingerprint density at radius 3 is 2.45 bits per heavy atom. The first-order valence-electron chi connectivity index (χ1n) is 14.0. The van der Waals surface area contributed by atoms with E-state index in [1.165, 1.54) is 6.07 Å². The SMILES string of the molecule is O=C(N[C@H]1CC[C@H](Cn2c(=O)n(-c3ccc(N4CCCC4=O)nc3)c3ccccc32)CC1)c1cc(Cl)cnc1C(F)F. The van der Waals surface area contributed by atoms with Gasteiger partial charge in [0.25, 0.3) is 12.3 Å². The standard InChI is InChI=1S/C30H29ClF2N6O3/c31-19-14-22(27(28(32)33)35-15-19)29(41)36-20-9-7-18(8-10-20)17-38-23-4-1-2-5-24(23)39(30(38)42)21-11-12-25(34-16-21)37-13-3-6-26(37)40/h1-2,4-5,11-12,14-16,18,20,28H,3,6-10,13,17H2,(H,36,41)/t18-,20-. The molecule has 1 N–H and O–H groups in total. The summed E-state index contributed by atoms with van der Waals surface area (Å²) in [7, 11) is 0. The molecule has 6 rings (SSSR count). The van der Waals surface area contributed by atoms with Gasteiger partial charge in [-0.3, -0.25) is 28.6 Å². The van der Waals surface area contributed by atoms with Crippen molar-refractivity contribution in [3.05, 3.63) is 81.6 Å². The number of carbonyl (C=O) groups excluding carboxylic acids is 2. The van der Waals surface area contributed by atoms with Crippen LogP contribution in [0.5, 0.6) is 0 Å². The number of fused-ring (bicyclic) bond motifs is 1. The number of pyridine rings is 2. The molecule has 1 aliphatic carbocycles. The molecule has 12 heteroatoms. The number of hydrogen-bond donors (Lipinski definition) is 1. The number of aromatic nitrogens is 4. The Balaban J connectivity index is 1.16. The maximum Gasteiger partial charge on any atom is 0.333 e. The number of alkyl halides is 2. The minimum atomic E-state index is -2.89. The monoisotopic (exact) mass is 594 g/mol. The summed E-state index contributed by atoms with van der Waals surface area (Å²) in [6.07, 6.45) is 3.99. The van der Waals surface area contributed by atoms with Crippen molar-refractivity contribution in [3.8, 4) is 5.69 Å². The van der Waals surface area contributed by atoms with Crippen LogP contribution in [-0.2, 0) is 11.3 Å². The molecule has 42 heavy (non-hydrogen) atoms. The molecule has 1 aromatic carbocycles. The third-order valence-electron chi connectivity index (χ3n) is 8.14. The fourth-order valence-electron chi connectivity index (χ4n) is 6.01. The van der Waals surface area contributed by atoms with E-state index in [1.807, 2.05) is 30.3 Å². The van der Waals surface area contributed by atoms with Gasteiger partial charge in [0.2, 0.25) is 5.91 Å². The maximum atomic E-state index is 13.7. The number of para-hydroxylation sites is 2. The minimum absolute atomic E-state index is 0.0534. The molecule has 1 saturated heterocycles. The van der Waals surface area contributed by atoms with Gasteiger partial charge in [-0.15, -0.1) is 0 Å². The highest BCUT2D eigenvalue weighted by molar-refractivity contribution is 6.30. The lowest BCUT2D eigenvalue weighted by atomic mass is 9.85. The molecule has 9 nitrogen and oxygen atoms in total. The van der Waals surface area contributed by atoms with Gasteiger partial charge in [0, 0.05) is 31.7 Å². The predicted molar refractivity (Wildman–Crippen MR) is 154 cm³/mol. The quantitative estimate of drug-likeness (QED) is 0.313. The van der Waals surface area contributed by atoms with Crippen LogP contribution in [-0.4, -0.2) is 43.5 Å². The zero-order valence-corrected chi connectivity index (χ0v) is 23.4. The molecule has 0 bridgehead atoms. The van der Waals surface area contributed by atoms with Crippen LogP contribution in [0.4, 0.5) is 14.6 Å². The van der Waals surface area contributed by atoms with Crippen LogP contribution in [0.15, 0.2) is 59.7 Å². The molecule has 0 radical (unpaired) electrons. The normalized spacial score (nSPS) is 19.1. The third-order valence-corrected chi connectivity index (χ3v) is 8.34. The zero-order chi connectivity index (χ0) is 29.4. The van der Waals surface area contributed by atoms with Gasteiger partial charge in [-0.1, -0.05) is 23.7 Å². The van der Waals surface area contributed by atoms with Gasteiger partial charge < -0.3 is 5.32 Å². The van der Waals surface area contributed by atoms with Crippen molar-refractivity contribution in [1.82, 2.24) is 24.4 Å². The van der Waals surface area contributed by atoms with E-state index in [0.717, 1.165) is 36.5 Å². The van der Waals surface area contributed by atoms with Crippen LogP contribution in [0.3, 0.4) is 0 Å². The molecule has 2 amide bonds. The van der Waals surface area contributed by atoms with E-state index in [4.69, 9.17) is 11.6 Å². The summed E-state index contributed by atoms with van der Waals surface area (Å²) in [4.78, 5) is 48.4. The first kappa shape index (κ1) is 28.0. The number of carbonyl (C=O) groups is 2. The topological polar surface area (TPSA) is 102 Å². The van der Waals surface area contributed by atoms with Crippen molar-refractivity contribution >= 4 is 40.3 Å². The Morgan fingerprint density at radius 1 is 1.02 bits per heavy atom. The number of amides is 2. The van der Waals surface area contributed by atoms with Crippen LogP contribution in [0.25, 0.3) is 16.7 Å². The van der Waals surface area contributed by atoms with Gasteiger partial charge in [0.05, 0.1) is 33.5 Å². The Labute approximate surface area is 245 Å². The number of anilines is 1. The van der Waals surface area contributed by atoms with Crippen molar-refractivity contribution in [1.29, 1.82) is 0 Å². The molecule has 0 unspecified atom stereocenters. The lowest BCUT2D eigenvalue weighted by molar-refractivity contribution is -0.117. The molecule has 2 aliphatic rings. The van der Waals surface area contributed by atoms with Crippen molar-refractivity contribution < 1.29 is 18.4 Å². The molecule has 2 fully saturated rings. The van der Waals surface area contributed by atoms with Crippen LogP contribution in [0, 0.1) is 5.92 Å². The molecule has 218 valence electrons. The van der Waals surface area contributed by atoms with Gasteiger partial charge in [-0.2, -0.15) is 0 Å². The zero-order valence-electron chi connectivity index (χ0n) is 22.7. The minimum Gasteiger partial charge on any atom is -0.349 e. The predicted octanol–water partition coefficient (Wildman–Crippen LogP) is 5.29. The summed E-state index contributed by atoms with van der Waals surface area (Å²) in [6.45, 7) is 1.15. The first-order valence-corrected chi connectivity index (χ1v) is 14.4. The Hall–Kier alpha value is -4.12. The van der Waals surface area contributed by atoms with E-state index in [1.54, 1.807) is 26.3 Å². The van der Waals surface area contributed by atoms with Crippen LogP contribution >= 0.6 is 11.6 Å². The number of nitrogens with one attached hydrogen (secondary N) is 1. The summed E-state index contributed by atoms with van der Waals surface area (Å²) in [5.74, 6) is 0.217. The first-order chi connectivity index (χ1) is 20.3. The van der Waals surface area contributed by atoms with E-state index in [9.17, 15) is 23.2 Å². The Morgan fingerprint density at radius 2 is 1.79 bits per heavy atom. The average molecular weight is 595 g/mol. The highest BCUT2D eigenvalue weighted by atomic mass is 35.5. The van der Waals surface area contributed by atoms with E-state index in [2.05, 4.69) is 15.3 Å². The highest BCUT2D eigenvalue weighted by Crippen LogP contribution is 2.29. The number of nitrogens with zero attached hydrogens (tertiary/aromatic N) is 5. The van der Waals surface area contributed by atoms with E-state index < -0.39 is 18.0 Å². The van der Waals surface area contributed by atoms with Crippen LogP contribution in [0.2, 0.25) is 5.02 Å². The van der Waals surface area contributed by atoms with Crippen LogP contribution < -0.4 is 15.9 Å². The summed E-state index contributed by atoms with van der Waals surface area (Å²) < 4.78 is 30.2. The van der Waals surface area contributed by atoms with Crippen LogP contribution in [0.1, 0.15) is 61.0 Å². The number of imidazole rings is 1. The fraction of sp³-hybridized carbons (Fsp3) is 0.367. The summed E-state index contributed by atoms with van der Waals surface area (Å²) in [5, 5.41) is 2.98. The third kappa shape index (κ3) is 5.40. The fourth-order valence-corrected chi connectivity index (χ4v) is 6.17. The van der Waals surface area contributed by atoms with Gasteiger partial charge in [-0.05, 0) is 68.4 Å². The lowest BCUT2D eigenvalue weighted by Crippen LogP contribution is -2.39. The molecule has 0 atom stereocenters. The van der Waals surface area contributed by atoms with Crippen molar-refractivity contribution in [3.63, 3.8) is 0 Å². The lowest BCUT2D eigenvalue weighted by Gasteiger charge is -2.29. The van der Waals surface area contributed by atoms with Gasteiger partial charge >= 0.3 is 5.69 Å². The summed E-state index contributed by atoms with van der Waals surface area (Å²) in [5.41, 5.74) is 1.22. The molecule has 1 saturated carbocycles. The molecule has 3 aromatic heterocycles. The van der Waals surface area contributed by atoms with Crippen molar-refractivity contribution in [2.24, 2.45) is 5.92 Å². The second-order valence-corrected chi connectivity index (χ2v) is 11.3. The smallest absolute Gasteiger partial charge is 0.333 e. The molecular formula is C30H29ClF2N6O3. The Kier molecular flexibility index (Phi) is 7.76. The second-order valence-electron chi connectivity index (χ2n) is 10.8.